The van der Waals surface area contributed by atoms with Crippen molar-refractivity contribution in [2.45, 2.75) is 26.2 Å². The fourth-order valence-corrected chi connectivity index (χ4v) is 2.26. The third kappa shape index (κ3) is 2.74. The Morgan fingerprint density at radius 1 is 1.00 bits per heavy atom. The maximum Gasteiger partial charge on any atom is 0.150 e. The van der Waals surface area contributed by atoms with E-state index in [-0.39, 0.29) is 5.41 Å². The second kappa shape index (κ2) is 5.49. The molecule has 2 rings (SSSR count). The van der Waals surface area contributed by atoms with Gasteiger partial charge in [0.15, 0.2) is 6.29 Å². The number of ether oxygens (including phenoxy) is 1. The first-order valence-electron chi connectivity index (χ1n) is 6.70. The predicted molar refractivity (Wildman–Crippen MR) is 82.5 cm³/mol. The molecule has 0 aliphatic rings. The normalized spacial score (nSPS) is 11.2. The summed E-state index contributed by atoms with van der Waals surface area (Å²) in [5.74, 6) is 0.720. The van der Waals surface area contributed by atoms with Crippen molar-refractivity contribution in [1.29, 1.82) is 0 Å². The molecular formula is C18H20O2. The zero-order chi connectivity index (χ0) is 14.8. The third-order valence-electron chi connectivity index (χ3n) is 3.44. The van der Waals surface area contributed by atoms with Gasteiger partial charge in [0.1, 0.15) is 5.75 Å². The van der Waals surface area contributed by atoms with Gasteiger partial charge in [-0.15, -0.1) is 0 Å². The first kappa shape index (κ1) is 14.3. The second-order valence-electron chi connectivity index (χ2n) is 5.87. The van der Waals surface area contributed by atoms with Crippen LogP contribution in [-0.4, -0.2) is 13.4 Å². The molecule has 0 radical (unpaired) electrons. The summed E-state index contributed by atoms with van der Waals surface area (Å²) in [5.41, 5.74) is 3.88. The van der Waals surface area contributed by atoms with Gasteiger partial charge in [-0.25, -0.2) is 0 Å². The number of aldehydes is 1. The van der Waals surface area contributed by atoms with Crippen molar-refractivity contribution in [1.82, 2.24) is 0 Å². The topological polar surface area (TPSA) is 26.3 Å². The monoisotopic (exact) mass is 268 g/mol. The molecule has 0 atom stereocenters. The van der Waals surface area contributed by atoms with E-state index in [0.717, 1.165) is 23.2 Å². The van der Waals surface area contributed by atoms with Crippen molar-refractivity contribution < 1.29 is 9.53 Å². The molecule has 0 spiro atoms. The quantitative estimate of drug-likeness (QED) is 0.768. The van der Waals surface area contributed by atoms with E-state index in [1.807, 2.05) is 30.3 Å². The summed E-state index contributed by atoms with van der Waals surface area (Å²) < 4.78 is 5.38. The minimum Gasteiger partial charge on any atom is -0.496 e. The fraction of sp³-hybridized carbons (Fsp3) is 0.278. The van der Waals surface area contributed by atoms with Crippen LogP contribution in [0.25, 0.3) is 11.1 Å². The fourth-order valence-electron chi connectivity index (χ4n) is 2.26. The van der Waals surface area contributed by atoms with Crippen LogP contribution in [0.1, 0.15) is 36.7 Å². The van der Waals surface area contributed by atoms with E-state index in [9.17, 15) is 4.79 Å². The second-order valence-corrected chi connectivity index (χ2v) is 5.87. The summed E-state index contributed by atoms with van der Waals surface area (Å²) in [4.78, 5) is 11.2. The lowest BCUT2D eigenvalue weighted by Gasteiger charge is -2.19. The molecule has 2 nitrogen and oxygen atoms in total. The van der Waals surface area contributed by atoms with Crippen molar-refractivity contribution in [3.63, 3.8) is 0 Å². The molecule has 2 aromatic carbocycles. The van der Waals surface area contributed by atoms with Crippen LogP contribution in [0.2, 0.25) is 0 Å². The molecular weight excluding hydrogens is 248 g/mol. The molecule has 0 heterocycles. The van der Waals surface area contributed by atoms with E-state index in [0.29, 0.717) is 5.56 Å². The van der Waals surface area contributed by atoms with Crippen LogP contribution < -0.4 is 4.74 Å². The number of hydrogen-bond donors (Lipinski definition) is 0. The Hall–Kier alpha value is -2.09. The summed E-state index contributed by atoms with van der Waals surface area (Å²) in [7, 11) is 1.62. The molecule has 0 bridgehead atoms. The average molecular weight is 268 g/mol. The molecule has 0 aromatic heterocycles. The number of rotatable bonds is 3. The van der Waals surface area contributed by atoms with Crippen molar-refractivity contribution >= 4 is 6.29 Å². The summed E-state index contributed by atoms with van der Waals surface area (Å²) in [5, 5.41) is 0. The van der Waals surface area contributed by atoms with Crippen molar-refractivity contribution in [2.75, 3.05) is 7.11 Å². The first-order chi connectivity index (χ1) is 9.47. The van der Waals surface area contributed by atoms with Gasteiger partial charge < -0.3 is 4.74 Å². The Morgan fingerprint density at radius 3 is 2.15 bits per heavy atom. The lowest BCUT2D eigenvalue weighted by Crippen LogP contribution is -2.10. The lowest BCUT2D eigenvalue weighted by atomic mass is 9.86. The standard InChI is InChI=1S/C18H20O2/c1-18(2,3)15-10-8-13(9-11-15)17-14(12-19)6-5-7-16(17)20-4/h5-12H,1-4H3. The highest BCUT2D eigenvalue weighted by molar-refractivity contribution is 5.90. The largest absolute Gasteiger partial charge is 0.496 e. The molecule has 0 aliphatic heterocycles. The Morgan fingerprint density at radius 2 is 1.65 bits per heavy atom. The molecule has 0 fully saturated rings. The minimum absolute atomic E-state index is 0.118. The number of carbonyl (C=O) groups excluding carboxylic acids is 1. The number of carbonyl (C=O) groups is 1. The van der Waals surface area contributed by atoms with E-state index >= 15 is 0 Å². The van der Waals surface area contributed by atoms with Crippen molar-refractivity contribution in [2.24, 2.45) is 0 Å². The maximum atomic E-state index is 11.2. The molecule has 2 heteroatoms. The van der Waals surface area contributed by atoms with Gasteiger partial charge in [-0.3, -0.25) is 4.79 Å². The Labute approximate surface area is 120 Å². The highest BCUT2D eigenvalue weighted by Gasteiger charge is 2.15. The van der Waals surface area contributed by atoms with Gasteiger partial charge in [0.25, 0.3) is 0 Å². The number of benzene rings is 2. The Bertz CT molecular complexity index is 604. The molecule has 2 aromatic rings. The molecule has 0 amide bonds. The summed E-state index contributed by atoms with van der Waals surface area (Å²) in [6, 6.07) is 13.8. The molecule has 20 heavy (non-hydrogen) atoms. The highest BCUT2D eigenvalue weighted by Crippen LogP contribution is 2.34. The van der Waals surface area contributed by atoms with Gasteiger partial charge >= 0.3 is 0 Å². The van der Waals surface area contributed by atoms with E-state index in [4.69, 9.17) is 4.74 Å². The summed E-state index contributed by atoms with van der Waals surface area (Å²) in [6.45, 7) is 6.55. The van der Waals surface area contributed by atoms with E-state index in [1.165, 1.54) is 5.56 Å². The smallest absolute Gasteiger partial charge is 0.150 e. The van der Waals surface area contributed by atoms with Crippen LogP contribution >= 0.6 is 0 Å². The van der Waals surface area contributed by atoms with Crippen LogP contribution in [0.3, 0.4) is 0 Å². The van der Waals surface area contributed by atoms with Gasteiger partial charge in [0.05, 0.1) is 7.11 Å². The van der Waals surface area contributed by atoms with Crippen LogP contribution in [0.15, 0.2) is 42.5 Å². The Kier molecular flexibility index (Phi) is 3.93. The van der Waals surface area contributed by atoms with Gasteiger partial charge in [0.2, 0.25) is 0 Å². The first-order valence-corrected chi connectivity index (χ1v) is 6.70. The predicted octanol–water partition coefficient (Wildman–Crippen LogP) is 4.47. The van der Waals surface area contributed by atoms with E-state index < -0.39 is 0 Å². The number of methoxy groups -OCH3 is 1. The summed E-state index contributed by atoms with van der Waals surface area (Å²) >= 11 is 0. The number of hydrogen-bond acceptors (Lipinski definition) is 2. The summed E-state index contributed by atoms with van der Waals surface area (Å²) in [6.07, 6.45) is 0.871. The van der Waals surface area contributed by atoms with E-state index in [1.54, 1.807) is 7.11 Å². The van der Waals surface area contributed by atoms with Crippen molar-refractivity contribution in [3.8, 4) is 16.9 Å². The molecule has 0 N–H and O–H groups in total. The van der Waals surface area contributed by atoms with Gasteiger partial charge in [-0.1, -0.05) is 57.2 Å². The molecule has 0 unspecified atom stereocenters. The van der Waals surface area contributed by atoms with Crippen LogP contribution in [0, 0.1) is 0 Å². The molecule has 0 saturated carbocycles. The molecule has 0 aliphatic carbocycles. The SMILES string of the molecule is COc1cccc(C=O)c1-c1ccc(C(C)(C)C)cc1. The van der Waals surface area contributed by atoms with E-state index in [2.05, 4.69) is 32.9 Å². The minimum atomic E-state index is 0.118. The molecule has 104 valence electrons. The highest BCUT2D eigenvalue weighted by atomic mass is 16.5. The lowest BCUT2D eigenvalue weighted by molar-refractivity contribution is 0.112. The van der Waals surface area contributed by atoms with Gasteiger partial charge in [0, 0.05) is 11.1 Å². The van der Waals surface area contributed by atoms with Crippen LogP contribution in [0.4, 0.5) is 0 Å². The van der Waals surface area contributed by atoms with Gasteiger partial charge in [-0.05, 0) is 22.6 Å². The van der Waals surface area contributed by atoms with Crippen molar-refractivity contribution in [3.05, 3.63) is 53.6 Å². The van der Waals surface area contributed by atoms with Crippen LogP contribution in [0.5, 0.6) is 5.75 Å². The van der Waals surface area contributed by atoms with Gasteiger partial charge in [-0.2, -0.15) is 0 Å². The maximum absolute atomic E-state index is 11.2. The Balaban J connectivity index is 2.54. The molecule has 0 saturated heterocycles. The third-order valence-corrected chi connectivity index (χ3v) is 3.44. The zero-order valence-corrected chi connectivity index (χ0v) is 12.4. The average Bonchev–Trinajstić information content (AvgIpc) is 2.45. The van der Waals surface area contributed by atoms with Crippen LogP contribution in [-0.2, 0) is 5.41 Å². The zero-order valence-electron chi connectivity index (χ0n) is 12.4.